The number of hydrogen-bond donors (Lipinski definition) is 0. The fourth-order valence-electron chi connectivity index (χ4n) is 1.83. The van der Waals surface area contributed by atoms with E-state index in [1.54, 1.807) is 26.0 Å². The van der Waals surface area contributed by atoms with Crippen LogP contribution < -0.4 is 9.04 Å². The summed E-state index contributed by atoms with van der Waals surface area (Å²) in [6, 6.07) is 4.75. The summed E-state index contributed by atoms with van der Waals surface area (Å²) in [6.07, 6.45) is 1.44. The van der Waals surface area contributed by atoms with Gasteiger partial charge in [0, 0.05) is 19.2 Å². The quantitative estimate of drug-likeness (QED) is 0.864. The standard InChI is InChI=1S/C13H16N2O4S/c1-9-7-12(10(2)19-9)20(16,17)15(3)11-5-6-13(18-4)14-8-11/h5-8H,1-4H3. The molecule has 0 aliphatic heterocycles. The van der Waals surface area contributed by atoms with E-state index in [2.05, 4.69) is 4.98 Å². The van der Waals surface area contributed by atoms with Crippen molar-refractivity contribution >= 4 is 15.7 Å². The second kappa shape index (κ2) is 5.16. The SMILES string of the molecule is COc1ccc(N(C)S(=O)(=O)c2cc(C)oc2C)cn1. The molecule has 0 aliphatic carbocycles. The molecule has 0 aromatic carbocycles. The molecule has 0 spiro atoms. The fraction of sp³-hybridized carbons (Fsp3) is 0.308. The minimum atomic E-state index is -3.66. The first kappa shape index (κ1) is 14.4. The van der Waals surface area contributed by atoms with Crippen LogP contribution in [-0.2, 0) is 10.0 Å². The van der Waals surface area contributed by atoms with Crippen molar-refractivity contribution in [2.45, 2.75) is 18.7 Å². The van der Waals surface area contributed by atoms with Crippen molar-refractivity contribution in [3.8, 4) is 5.88 Å². The van der Waals surface area contributed by atoms with Gasteiger partial charge >= 0.3 is 0 Å². The number of pyridine rings is 1. The Morgan fingerprint density at radius 1 is 1.30 bits per heavy atom. The van der Waals surface area contributed by atoms with E-state index < -0.39 is 10.0 Å². The van der Waals surface area contributed by atoms with Gasteiger partial charge in [-0.1, -0.05) is 0 Å². The van der Waals surface area contributed by atoms with Crippen LogP contribution >= 0.6 is 0 Å². The van der Waals surface area contributed by atoms with Crippen LogP contribution in [0.3, 0.4) is 0 Å². The van der Waals surface area contributed by atoms with Crippen LogP contribution in [0.1, 0.15) is 11.5 Å². The minimum absolute atomic E-state index is 0.160. The van der Waals surface area contributed by atoms with Gasteiger partial charge in [-0.3, -0.25) is 4.31 Å². The van der Waals surface area contributed by atoms with E-state index in [0.29, 0.717) is 23.1 Å². The van der Waals surface area contributed by atoms with E-state index in [0.717, 1.165) is 4.31 Å². The molecule has 20 heavy (non-hydrogen) atoms. The molecule has 7 heteroatoms. The highest BCUT2D eigenvalue weighted by atomic mass is 32.2. The van der Waals surface area contributed by atoms with Gasteiger partial charge in [0.2, 0.25) is 5.88 Å². The van der Waals surface area contributed by atoms with E-state index in [4.69, 9.17) is 9.15 Å². The molecule has 2 aromatic heterocycles. The van der Waals surface area contributed by atoms with E-state index in [1.165, 1.54) is 26.4 Å². The Kier molecular flexibility index (Phi) is 3.71. The number of hydrogen-bond acceptors (Lipinski definition) is 5. The lowest BCUT2D eigenvalue weighted by molar-refractivity contribution is 0.398. The average molecular weight is 296 g/mol. The second-order valence-electron chi connectivity index (χ2n) is 4.31. The molecule has 0 radical (unpaired) electrons. The Hall–Kier alpha value is -2.02. The molecule has 0 aliphatic rings. The van der Waals surface area contributed by atoms with Gasteiger partial charge in [-0.15, -0.1) is 0 Å². The Morgan fingerprint density at radius 2 is 2.00 bits per heavy atom. The van der Waals surface area contributed by atoms with Crippen LogP contribution in [0, 0.1) is 13.8 Å². The molecule has 6 nitrogen and oxygen atoms in total. The maximum absolute atomic E-state index is 12.5. The number of aromatic nitrogens is 1. The Balaban J connectivity index is 2.40. The topological polar surface area (TPSA) is 72.6 Å². The lowest BCUT2D eigenvalue weighted by atomic mass is 10.4. The molecular formula is C13H16N2O4S. The number of ether oxygens (including phenoxy) is 1. The van der Waals surface area contributed by atoms with Crippen molar-refractivity contribution in [1.29, 1.82) is 0 Å². The first-order valence-electron chi connectivity index (χ1n) is 5.92. The average Bonchev–Trinajstić information content (AvgIpc) is 2.77. The summed E-state index contributed by atoms with van der Waals surface area (Å²) in [5.74, 6) is 1.35. The first-order valence-corrected chi connectivity index (χ1v) is 7.36. The lowest BCUT2D eigenvalue weighted by Gasteiger charge is -2.18. The Morgan fingerprint density at radius 3 is 2.45 bits per heavy atom. The molecule has 0 unspecified atom stereocenters. The highest BCUT2D eigenvalue weighted by molar-refractivity contribution is 7.92. The summed E-state index contributed by atoms with van der Waals surface area (Å²) >= 11 is 0. The molecule has 0 saturated heterocycles. The summed E-state index contributed by atoms with van der Waals surface area (Å²) in [5.41, 5.74) is 0.448. The monoisotopic (exact) mass is 296 g/mol. The smallest absolute Gasteiger partial charge is 0.267 e. The van der Waals surface area contributed by atoms with Gasteiger partial charge in [0.05, 0.1) is 19.0 Å². The Bertz CT molecular complexity index is 704. The maximum atomic E-state index is 12.5. The molecule has 0 amide bonds. The van der Waals surface area contributed by atoms with E-state index >= 15 is 0 Å². The van der Waals surface area contributed by atoms with Crippen LogP contribution in [0.2, 0.25) is 0 Å². The van der Waals surface area contributed by atoms with Crippen molar-refractivity contribution in [3.63, 3.8) is 0 Å². The van der Waals surface area contributed by atoms with Crippen LogP contribution in [-0.4, -0.2) is 27.6 Å². The summed E-state index contributed by atoms with van der Waals surface area (Å²) in [7, 11) is -0.690. The molecule has 2 heterocycles. The third-order valence-corrected chi connectivity index (χ3v) is 4.82. The highest BCUT2D eigenvalue weighted by Crippen LogP contribution is 2.26. The molecule has 0 N–H and O–H groups in total. The fourth-order valence-corrected chi connectivity index (χ4v) is 3.23. The summed E-state index contributed by atoms with van der Waals surface area (Å²) < 4.78 is 36.4. The van der Waals surface area contributed by atoms with Crippen molar-refractivity contribution in [1.82, 2.24) is 4.98 Å². The van der Waals surface area contributed by atoms with Crippen molar-refractivity contribution < 1.29 is 17.6 Å². The predicted octanol–water partition coefficient (Wildman–Crippen LogP) is 2.13. The van der Waals surface area contributed by atoms with Gasteiger partial charge in [-0.05, 0) is 19.9 Å². The van der Waals surface area contributed by atoms with Gasteiger partial charge in [0.15, 0.2) is 0 Å². The first-order chi connectivity index (χ1) is 9.36. The van der Waals surface area contributed by atoms with Gasteiger partial charge in [0.1, 0.15) is 16.4 Å². The highest BCUT2D eigenvalue weighted by Gasteiger charge is 2.26. The van der Waals surface area contributed by atoms with Crippen molar-refractivity contribution in [3.05, 3.63) is 35.9 Å². The molecule has 0 atom stereocenters. The molecule has 0 bridgehead atoms. The number of methoxy groups -OCH3 is 1. The van der Waals surface area contributed by atoms with Crippen LogP contribution in [0.5, 0.6) is 5.88 Å². The zero-order valence-electron chi connectivity index (χ0n) is 11.7. The number of rotatable bonds is 4. The number of nitrogens with zero attached hydrogens (tertiary/aromatic N) is 2. The number of aryl methyl sites for hydroxylation is 2. The van der Waals surface area contributed by atoms with Gasteiger partial charge in [-0.2, -0.15) is 0 Å². The van der Waals surface area contributed by atoms with Crippen LogP contribution in [0.4, 0.5) is 5.69 Å². The predicted molar refractivity (Wildman–Crippen MR) is 74.6 cm³/mol. The third-order valence-electron chi connectivity index (χ3n) is 2.93. The van der Waals surface area contributed by atoms with Crippen molar-refractivity contribution in [2.24, 2.45) is 0 Å². The molecule has 2 aromatic rings. The van der Waals surface area contributed by atoms with Gasteiger partial charge in [0.25, 0.3) is 10.0 Å². The van der Waals surface area contributed by atoms with E-state index in [-0.39, 0.29) is 4.90 Å². The van der Waals surface area contributed by atoms with E-state index in [9.17, 15) is 8.42 Å². The van der Waals surface area contributed by atoms with Crippen molar-refractivity contribution in [2.75, 3.05) is 18.5 Å². The van der Waals surface area contributed by atoms with Crippen LogP contribution in [0.25, 0.3) is 0 Å². The lowest BCUT2D eigenvalue weighted by Crippen LogP contribution is -2.26. The third kappa shape index (κ3) is 2.49. The molecule has 0 fully saturated rings. The zero-order chi connectivity index (χ0) is 14.9. The minimum Gasteiger partial charge on any atom is -0.481 e. The van der Waals surface area contributed by atoms with E-state index in [1.807, 2.05) is 0 Å². The van der Waals surface area contributed by atoms with Crippen LogP contribution in [0.15, 0.2) is 33.7 Å². The zero-order valence-corrected chi connectivity index (χ0v) is 12.6. The molecule has 2 rings (SSSR count). The molecule has 108 valence electrons. The number of anilines is 1. The largest absolute Gasteiger partial charge is 0.481 e. The van der Waals surface area contributed by atoms with Gasteiger partial charge < -0.3 is 9.15 Å². The molecular weight excluding hydrogens is 280 g/mol. The number of sulfonamides is 1. The maximum Gasteiger partial charge on any atom is 0.267 e. The summed E-state index contributed by atoms with van der Waals surface area (Å²) in [5, 5.41) is 0. The molecule has 0 saturated carbocycles. The van der Waals surface area contributed by atoms with Gasteiger partial charge in [-0.25, -0.2) is 13.4 Å². The Labute approximate surface area is 118 Å². The number of furan rings is 1. The second-order valence-corrected chi connectivity index (χ2v) is 6.25. The normalized spacial score (nSPS) is 11.4. The summed E-state index contributed by atoms with van der Waals surface area (Å²) in [4.78, 5) is 4.16. The summed E-state index contributed by atoms with van der Waals surface area (Å²) in [6.45, 7) is 3.33.